The lowest BCUT2D eigenvalue weighted by Gasteiger charge is -2.36. The minimum atomic E-state index is 1.04. The lowest BCUT2D eigenvalue weighted by Crippen LogP contribution is -2.25. The molecule has 2 saturated carbocycles. The second kappa shape index (κ2) is 2.16. The molecule has 0 saturated heterocycles. The Balaban J connectivity index is 2.00. The first-order chi connectivity index (χ1) is 5.84. The average Bonchev–Trinajstić information content (AvgIpc) is 2.49. The van der Waals surface area contributed by atoms with Crippen LogP contribution in [-0.4, -0.2) is 0 Å². The lowest BCUT2D eigenvalue weighted by molar-refractivity contribution is 0.327. The van der Waals surface area contributed by atoms with Crippen LogP contribution in [0.15, 0.2) is 11.1 Å². The zero-order valence-electron chi connectivity index (χ0n) is 8.14. The molecular formula is C12H18. The van der Waals surface area contributed by atoms with Crippen molar-refractivity contribution in [1.82, 2.24) is 0 Å². The van der Waals surface area contributed by atoms with E-state index in [4.69, 9.17) is 0 Å². The van der Waals surface area contributed by atoms with Crippen LogP contribution >= 0.6 is 0 Å². The summed E-state index contributed by atoms with van der Waals surface area (Å²) in [7, 11) is 0. The maximum atomic E-state index is 2.39. The zero-order valence-corrected chi connectivity index (χ0v) is 8.14. The van der Waals surface area contributed by atoms with Gasteiger partial charge in [-0.25, -0.2) is 0 Å². The summed E-state index contributed by atoms with van der Waals surface area (Å²) in [5.74, 6) is 4.21. The summed E-state index contributed by atoms with van der Waals surface area (Å²) in [6, 6.07) is 0. The van der Waals surface area contributed by atoms with Crippen LogP contribution < -0.4 is 0 Å². The molecule has 4 atom stereocenters. The van der Waals surface area contributed by atoms with Crippen LogP contribution in [-0.2, 0) is 0 Å². The molecule has 0 amide bonds. The second-order valence-corrected chi connectivity index (χ2v) is 4.88. The van der Waals surface area contributed by atoms with Gasteiger partial charge in [-0.15, -0.1) is 0 Å². The van der Waals surface area contributed by atoms with Crippen molar-refractivity contribution in [3.05, 3.63) is 11.1 Å². The van der Waals surface area contributed by atoms with Gasteiger partial charge in [-0.1, -0.05) is 30.9 Å². The Morgan fingerprint density at radius 3 is 2.67 bits per heavy atom. The third-order valence-corrected chi connectivity index (χ3v) is 4.67. The molecule has 0 heterocycles. The highest BCUT2D eigenvalue weighted by molar-refractivity contribution is 5.42. The average molecular weight is 162 g/mol. The van der Waals surface area contributed by atoms with Crippen molar-refractivity contribution in [3.63, 3.8) is 0 Å². The first-order valence-electron chi connectivity index (χ1n) is 5.55. The quantitative estimate of drug-likeness (QED) is 0.518. The van der Waals surface area contributed by atoms with Gasteiger partial charge in [0.25, 0.3) is 0 Å². The normalized spacial score (nSPS) is 49.5. The molecule has 4 aliphatic carbocycles. The van der Waals surface area contributed by atoms with Crippen LogP contribution in [0.5, 0.6) is 0 Å². The number of hydrogen-bond donors (Lipinski definition) is 0. The molecular weight excluding hydrogens is 144 g/mol. The van der Waals surface area contributed by atoms with Crippen LogP contribution in [0.25, 0.3) is 0 Å². The van der Waals surface area contributed by atoms with Gasteiger partial charge in [0.05, 0.1) is 0 Å². The number of hydrogen-bond acceptors (Lipinski definition) is 0. The molecule has 0 N–H and O–H groups in total. The van der Waals surface area contributed by atoms with Gasteiger partial charge in [0.1, 0.15) is 0 Å². The molecule has 66 valence electrons. The smallest absolute Gasteiger partial charge is 0.0103 e. The number of allylic oxidation sites excluding steroid dienone is 2. The minimum Gasteiger partial charge on any atom is -0.0695 e. The largest absolute Gasteiger partial charge is 0.0695 e. The van der Waals surface area contributed by atoms with Gasteiger partial charge in [-0.2, -0.15) is 0 Å². The van der Waals surface area contributed by atoms with Crippen molar-refractivity contribution in [3.8, 4) is 0 Å². The molecule has 0 radical (unpaired) electrons. The van der Waals surface area contributed by atoms with Crippen molar-refractivity contribution < 1.29 is 0 Å². The summed E-state index contributed by atoms with van der Waals surface area (Å²) in [5, 5.41) is 0. The van der Waals surface area contributed by atoms with Crippen LogP contribution in [0, 0.1) is 23.7 Å². The van der Waals surface area contributed by atoms with Gasteiger partial charge in [-0.05, 0) is 43.4 Å². The Hall–Kier alpha value is -0.260. The summed E-state index contributed by atoms with van der Waals surface area (Å²) in [6.07, 6.45) is 5.97. The van der Waals surface area contributed by atoms with Crippen molar-refractivity contribution in [2.24, 2.45) is 23.7 Å². The van der Waals surface area contributed by atoms with Crippen molar-refractivity contribution >= 4 is 0 Å². The van der Waals surface area contributed by atoms with Crippen molar-refractivity contribution in [2.75, 3.05) is 0 Å². The summed E-state index contributed by atoms with van der Waals surface area (Å²) in [6.45, 7) is 4.78. The third-order valence-electron chi connectivity index (χ3n) is 4.67. The monoisotopic (exact) mass is 162 g/mol. The first kappa shape index (κ1) is 7.17. The van der Waals surface area contributed by atoms with E-state index in [2.05, 4.69) is 13.8 Å². The standard InChI is InChI=1S/C12H18/c1-3-8-9-5-4-6-10-11(8)7(2)12(9)10/h8-11H,3-6H2,1-2H3. The van der Waals surface area contributed by atoms with Gasteiger partial charge < -0.3 is 0 Å². The molecule has 0 spiro atoms. The van der Waals surface area contributed by atoms with Crippen LogP contribution in [0.3, 0.4) is 0 Å². The Morgan fingerprint density at radius 1 is 1.25 bits per heavy atom. The molecule has 0 aromatic rings. The van der Waals surface area contributed by atoms with Gasteiger partial charge >= 0.3 is 0 Å². The van der Waals surface area contributed by atoms with E-state index in [-0.39, 0.29) is 0 Å². The number of rotatable bonds is 1. The molecule has 4 rings (SSSR count). The summed E-state index contributed by atoms with van der Waals surface area (Å²) in [4.78, 5) is 0. The predicted octanol–water partition coefficient (Wildman–Crippen LogP) is 3.39. The van der Waals surface area contributed by atoms with Gasteiger partial charge in [0.2, 0.25) is 0 Å². The maximum Gasteiger partial charge on any atom is -0.0103 e. The van der Waals surface area contributed by atoms with Crippen LogP contribution in [0.1, 0.15) is 39.5 Å². The highest BCUT2D eigenvalue weighted by Crippen LogP contribution is 2.65. The van der Waals surface area contributed by atoms with E-state index >= 15 is 0 Å². The minimum absolute atomic E-state index is 1.04. The fourth-order valence-corrected chi connectivity index (χ4v) is 4.35. The van der Waals surface area contributed by atoms with Crippen molar-refractivity contribution in [2.45, 2.75) is 39.5 Å². The first-order valence-corrected chi connectivity index (χ1v) is 5.55. The Bertz CT molecular complexity index is 249. The molecule has 12 heavy (non-hydrogen) atoms. The molecule has 2 fully saturated rings. The van der Waals surface area contributed by atoms with Gasteiger partial charge in [0.15, 0.2) is 0 Å². The fraction of sp³-hybridized carbons (Fsp3) is 0.833. The summed E-state index contributed by atoms with van der Waals surface area (Å²) in [5.41, 5.74) is 3.72. The van der Waals surface area contributed by atoms with Crippen molar-refractivity contribution in [1.29, 1.82) is 0 Å². The fourth-order valence-electron chi connectivity index (χ4n) is 4.35. The molecule has 0 aliphatic heterocycles. The predicted molar refractivity (Wildman–Crippen MR) is 50.8 cm³/mol. The summed E-state index contributed by atoms with van der Waals surface area (Å²) >= 11 is 0. The summed E-state index contributed by atoms with van der Waals surface area (Å²) < 4.78 is 0. The van der Waals surface area contributed by atoms with Gasteiger partial charge in [-0.3, -0.25) is 0 Å². The van der Waals surface area contributed by atoms with Crippen LogP contribution in [0.2, 0.25) is 0 Å². The van der Waals surface area contributed by atoms with E-state index < -0.39 is 0 Å². The molecule has 0 heteroatoms. The third kappa shape index (κ3) is 0.582. The Kier molecular flexibility index (Phi) is 1.29. The van der Waals surface area contributed by atoms with Gasteiger partial charge in [0, 0.05) is 0 Å². The van der Waals surface area contributed by atoms with E-state index in [0.29, 0.717) is 0 Å². The molecule has 4 bridgehead atoms. The Morgan fingerprint density at radius 2 is 2.00 bits per heavy atom. The second-order valence-electron chi connectivity index (χ2n) is 4.88. The van der Waals surface area contributed by atoms with E-state index in [0.717, 1.165) is 23.7 Å². The SMILES string of the molecule is CCC1C2CCCC3C2=C(C)C31. The lowest BCUT2D eigenvalue weighted by atomic mass is 9.69. The topological polar surface area (TPSA) is 0 Å². The molecule has 0 nitrogen and oxygen atoms in total. The molecule has 0 aromatic carbocycles. The Labute approximate surface area is 75.0 Å². The van der Waals surface area contributed by atoms with E-state index in [1.807, 2.05) is 5.57 Å². The highest BCUT2D eigenvalue weighted by atomic mass is 14.6. The maximum absolute atomic E-state index is 2.39. The highest BCUT2D eigenvalue weighted by Gasteiger charge is 2.56. The molecule has 0 aromatic heterocycles. The van der Waals surface area contributed by atoms with E-state index in [1.165, 1.54) is 25.7 Å². The van der Waals surface area contributed by atoms with E-state index in [9.17, 15) is 0 Å². The van der Waals surface area contributed by atoms with E-state index in [1.54, 1.807) is 5.57 Å². The molecule has 4 aliphatic rings. The molecule has 4 unspecified atom stereocenters. The zero-order chi connectivity index (χ0) is 8.29. The van der Waals surface area contributed by atoms with Crippen LogP contribution in [0.4, 0.5) is 0 Å².